The number of unbranched alkanes of at least 4 members (excludes halogenated alkanes) is 1. The van der Waals surface area contributed by atoms with Crippen LogP contribution in [-0.2, 0) is 11.3 Å². The standard InChI is InChI=1S/C23H35FN4O3/c1-16(2)14-28(19-10-17(15-29)12-25-13-19)23(30)22-26-20-7-6-18(24)11-21(20)27(22)8-4-5-9-31-3/h6-7,11,16-17,19,25,29H,4-5,8-10,12-15H2,1-3H3/t17-,19+/m1/s1. The highest BCUT2D eigenvalue weighted by Crippen LogP contribution is 2.23. The normalized spacial score (nSPS) is 19.3. The molecule has 2 aromatic rings. The van der Waals surface area contributed by atoms with Crippen molar-refractivity contribution < 1.29 is 19.0 Å². The molecule has 31 heavy (non-hydrogen) atoms. The number of aliphatic hydroxyl groups excluding tert-OH is 1. The number of hydrogen-bond acceptors (Lipinski definition) is 5. The second-order valence-corrected chi connectivity index (χ2v) is 8.87. The fourth-order valence-electron chi connectivity index (χ4n) is 4.30. The van der Waals surface area contributed by atoms with Crippen LogP contribution in [-0.4, -0.2) is 71.5 Å². The molecule has 0 unspecified atom stereocenters. The minimum Gasteiger partial charge on any atom is -0.396 e. The Morgan fingerprint density at radius 3 is 2.90 bits per heavy atom. The number of aliphatic hydroxyl groups is 1. The number of ether oxygens (including phenoxy) is 1. The minimum absolute atomic E-state index is 0.0145. The van der Waals surface area contributed by atoms with Gasteiger partial charge in [0.15, 0.2) is 5.82 Å². The van der Waals surface area contributed by atoms with Crippen LogP contribution in [0.1, 0.15) is 43.7 Å². The molecule has 1 aromatic carbocycles. The van der Waals surface area contributed by atoms with E-state index < -0.39 is 0 Å². The zero-order valence-electron chi connectivity index (χ0n) is 18.8. The average Bonchev–Trinajstić information content (AvgIpc) is 3.12. The summed E-state index contributed by atoms with van der Waals surface area (Å²) in [7, 11) is 1.67. The van der Waals surface area contributed by atoms with Crippen LogP contribution >= 0.6 is 0 Å². The van der Waals surface area contributed by atoms with E-state index in [1.165, 1.54) is 12.1 Å². The lowest BCUT2D eigenvalue weighted by atomic mass is 9.94. The highest BCUT2D eigenvalue weighted by atomic mass is 19.1. The van der Waals surface area contributed by atoms with E-state index >= 15 is 0 Å². The quantitative estimate of drug-likeness (QED) is 0.562. The lowest BCUT2D eigenvalue weighted by Crippen LogP contribution is -2.53. The van der Waals surface area contributed by atoms with Crippen LogP contribution in [0.2, 0.25) is 0 Å². The molecule has 3 rings (SSSR count). The van der Waals surface area contributed by atoms with E-state index in [1.54, 1.807) is 13.2 Å². The first-order chi connectivity index (χ1) is 14.9. The van der Waals surface area contributed by atoms with Crippen molar-refractivity contribution in [2.24, 2.45) is 11.8 Å². The first-order valence-electron chi connectivity index (χ1n) is 11.2. The summed E-state index contributed by atoms with van der Waals surface area (Å²) in [6.45, 7) is 7.54. The Morgan fingerprint density at radius 2 is 2.19 bits per heavy atom. The molecule has 1 saturated heterocycles. The molecular weight excluding hydrogens is 399 g/mol. The molecule has 2 atom stereocenters. The monoisotopic (exact) mass is 434 g/mol. The number of hydrogen-bond donors (Lipinski definition) is 2. The van der Waals surface area contributed by atoms with Crippen molar-refractivity contribution in [3.8, 4) is 0 Å². The first kappa shape index (κ1) is 23.6. The maximum absolute atomic E-state index is 14.0. The molecule has 0 bridgehead atoms. The zero-order valence-corrected chi connectivity index (χ0v) is 18.8. The van der Waals surface area contributed by atoms with E-state index in [4.69, 9.17) is 4.74 Å². The van der Waals surface area contributed by atoms with Gasteiger partial charge in [-0.05, 0) is 49.3 Å². The summed E-state index contributed by atoms with van der Waals surface area (Å²) in [5.41, 5.74) is 1.26. The van der Waals surface area contributed by atoms with E-state index in [-0.39, 0.29) is 36.2 Å². The number of amides is 1. The highest BCUT2D eigenvalue weighted by Gasteiger charge is 2.32. The van der Waals surface area contributed by atoms with Gasteiger partial charge in [0, 0.05) is 52.5 Å². The van der Waals surface area contributed by atoms with Gasteiger partial charge in [0.05, 0.1) is 11.0 Å². The van der Waals surface area contributed by atoms with Crippen LogP contribution < -0.4 is 5.32 Å². The van der Waals surface area contributed by atoms with Crippen LogP contribution in [0, 0.1) is 17.7 Å². The molecule has 8 heteroatoms. The Kier molecular flexibility index (Phi) is 8.40. The Morgan fingerprint density at radius 1 is 1.39 bits per heavy atom. The topological polar surface area (TPSA) is 79.6 Å². The molecule has 1 aliphatic rings. The highest BCUT2D eigenvalue weighted by molar-refractivity contribution is 5.95. The van der Waals surface area contributed by atoms with E-state index in [1.807, 2.05) is 9.47 Å². The van der Waals surface area contributed by atoms with Crippen LogP contribution in [0.4, 0.5) is 4.39 Å². The van der Waals surface area contributed by atoms with E-state index in [0.717, 1.165) is 25.8 Å². The van der Waals surface area contributed by atoms with Gasteiger partial charge < -0.3 is 24.6 Å². The second-order valence-electron chi connectivity index (χ2n) is 8.87. The van der Waals surface area contributed by atoms with Gasteiger partial charge in [-0.3, -0.25) is 4.79 Å². The average molecular weight is 435 g/mol. The van der Waals surface area contributed by atoms with Crippen LogP contribution in [0.5, 0.6) is 0 Å². The number of nitrogens with zero attached hydrogens (tertiary/aromatic N) is 3. The smallest absolute Gasteiger partial charge is 0.290 e. The van der Waals surface area contributed by atoms with E-state index in [0.29, 0.717) is 43.1 Å². The number of carbonyl (C=O) groups is 1. The Hall–Kier alpha value is -2.03. The number of fused-ring (bicyclic) bond motifs is 1. The summed E-state index contributed by atoms with van der Waals surface area (Å²) in [6.07, 6.45) is 2.40. The molecule has 1 aliphatic heterocycles. The van der Waals surface area contributed by atoms with Crippen molar-refractivity contribution in [1.29, 1.82) is 0 Å². The Labute approximate surface area is 183 Å². The molecule has 7 nitrogen and oxygen atoms in total. The molecule has 0 spiro atoms. The summed E-state index contributed by atoms with van der Waals surface area (Å²) in [4.78, 5) is 20.3. The first-order valence-corrected chi connectivity index (χ1v) is 11.2. The number of methoxy groups -OCH3 is 1. The number of imidazole rings is 1. The summed E-state index contributed by atoms with van der Waals surface area (Å²) in [6, 6.07) is 4.44. The number of aromatic nitrogens is 2. The van der Waals surface area contributed by atoms with E-state index in [2.05, 4.69) is 24.1 Å². The van der Waals surface area contributed by atoms with Crippen LogP contribution in [0.25, 0.3) is 11.0 Å². The maximum atomic E-state index is 14.0. The van der Waals surface area contributed by atoms with Gasteiger partial charge in [-0.1, -0.05) is 13.8 Å². The van der Waals surface area contributed by atoms with Gasteiger partial charge in [-0.15, -0.1) is 0 Å². The predicted octanol–water partition coefficient (Wildman–Crippen LogP) is 2.67. The van der Waals surface area contributed by atoms with Crippen molar-refractivity contribution in [3.05, 3.63) is 29.8 Å². The van der Waals surface area contributed by atoms with Crippen molar-refractivity contribution in [2.75, 3.05) is 40.0 Å². The van der Waals surface area contributed by atoms with Crippen molar-refractivity contribution in [3.63, 3.8) is 0 Å². The van der Waals surface area contributed by atoms with Crippen molar-refractivity contribution >= 4 is 16.9 Å². The third-order valence-electron chi connectivity index (χ3n) is 5.82. The van der Waals surface area contributed by atoms with Crippen molar-refractivity contribution in [1.82, 2.24) is 19.8 Å². The predicted molar refractivity (Wildman–Crippen MR) is 119 cm³/mol. The summed E-state index contributed by atoms with van der Waals surface area (Å²) in [5, 5.41) is 13.0. The van der Waals surface area contributed by atoms with E-state index in [9.17, 15) is 14.3 Å². The fourth-order valence-corrected chi connectivity index (χ4v) is 4.30. The number of aryl methyl sites for hydroxylation is 1. The van der Waals surface area contributed by atoms with Gasteiger partial charge in [0.2, 0.25) is 0 Å². The summed E-state index contributed by atoms with van der Waals surface area (Å²) >= 11 is 0. The molecule has 0 radical (unpaired) electrons. The lowest BCUT2D eigenvalue weighted by Gasteiger charge is -2.38. The molecule has 0 aliphatic carbocycles. The fraction of sp³-hybridized carbons (Fsp3) is 0.652. The lowest BCUT2D eigenvalue weighted by molar-refractivity contribution is 0.0537. The maximum Gasteiger partial charge on any atom is 0.290 e. The molecule has 172 valence electrons. The second kappa shape index (κ2) is 11.0. The largest absolute Gasteiger partial charge is 0.396 e. The van der Waals surface area contributed by atoms with Gasteiger partial charge in [-0.25, -0.2) is 9.37 Å². The van der Waals surface area contributed by atoms with Gasteiger partial charge in [0.25, 0.3) is 5.91 Å². The Bertz CT molecular complexity index is 870. The molecule has 1 aromatic heterocycles. The minimum atomic E-state index is -0.342. The van der Waals surface area contributed by atoms with Crippen LogP contribution in [0.3, 0.4) is 0 Å². The Balaban J connectivity index is 1.94. The molecule has 2 N–H and O–H groups in total. The number of halogens is 1. The van der Waals surface area contributed by atoms with Gasteiger partial charge in [-0.2, -0.15) is 0 Å². The molecular formula is C23H35FN4O3. The third kappa shape index (κ3) is 5.81. The van der Waals surface area contributed by atoms with Gasteiger partial charge in [0.1, 0.15) is 5.82 Å². The molecule has 1 fully saturated rings. The number of carbonyl (C=O) groups excluding carboxylic acids is 1. The number of benzene rings is 1. The molecule has 1 amide bonds. The number of piperidine rings is 1. The SMILES string of the molecule is COCCCCn1c(C(=O)N(CC(C)C)[C@@H]2CNC[C@H](CO)C2)nc2ccc(F)cc21. The number of rotatable bonds is 10. The summed E-state index contributed by atoms with van der Waals surface area (Å²) < 4.78 is 21.0. The van der Waals surface area contributed by atoms with Crippen LogP contribution in [0.15, 0.2) is 18.2 Å². The molecule has 2 heterocycles. The molecule has 0 saturated carbocycles. The third-order valence-corrected chi connectivity index (χ3v) is 5.82. The zero-order chi connectivity index (χ0) is 22.4. The van der Waals surface area contributed by atoms with Crippen molar-refractivity contribution in [2.45, 2.75) is 45.7 Å². The summed E-state index contributed by atoms with van der Waals surface area (Å²) in [5.74, 6) is 0.289. The number of nitrogens with one attached hydrogen (secondary N) is 1. The van der Waals surface area contributed by atoms with Gasteiger partial charge >= 0.3 is 0 Å².